The number of rotatable bonds is 2. The highest BCUT2D eigenvalue weighted by Gasteiger charge is 2.53. The largest absolute Gasteiger partial charge is 0.493 e. The van der Waals surface area contributed by atoms with Crippen LogP contribution >= 0.6 is 0 Å². The summed E-state index contributed by atoms with van der Waals surface area (Å²) in [7, 11) is 3.91. The minimum atomic E-state index is -0.426. The molecule has 0 amide bonds. The lowest BCUT2D eigenvalue weighted by atomic mass is 9.92. The van der Waals surface area contributed by atoms with Crippen LogP contribution in [0, 0.1) is 5.82 Å². The quantitative estimate of drug-likeness (QED) is 0.835. The van der Waals surface area contributed by atoms with Crippen LogP contribution < -0.4 is 19.8 Å². The third kappa shape index (κ3) is 2.67. The Labute approximate surface area is 164 Å². The average molecular weight is 382 g/mol. The van der Waals surface area contributed by atoms with Crippen LogP contribution in [0.3, 0.4) is 0 Å². The van der Waals surface area contributed by atoms with Gasteiger partial charge in [0, 0.05) is 5.56 Å². The first kappa shape index (κ1) is 17.5. The van der Waals surface area contributed by atoms with Crippen molar-refractivity contribution < 1.29 is 18.8 Å². The molecule has 1 unspecified atom stereocenters. The van der Waals surface area contributed by atoms with Crippen molar-refractivity contribution in [2.75, 3.05) is 27.2 Å². The van der Waals surface area contributed by atoms with E-state index in [2.05, 4.69) is 29.6 Å². The molecule has 146 valence electrons. The molecule has 5 rings (SSSR count). The molecule has 1 atom stereocenters. The lowest BCUT2D eigenvalue weighted by Crippen LogP contribution is -3.11. The number of piperidine rings is 1. The van der Waals surface area contributed by atoms with Crippen LogP contribution in [0.2, 0.25) is 0 Å². The number of nitrogens with one attached hydrogen (secondary N) is 2. The van der Waals surface area contributed by atoms with Crippen LogP contribution in [0.15, 0.2) is 48.5 Å². The summed E-state index contributed by atoms with van der Waals surface area (Å²) in [6, 6.07) is 12.7. The van der Waals surface area contributed by atoms with E-state index in [4.69, 9.17) is 9.47 Å². The number of nitrogens with zero attached hydrogens (tertiary/aromatic N) is 1. The molecule has 1 spiro atoms. The Bertz CT molecular complexity index is 920. The van der Waals surface area contributed by atoms with E-state index in [1.807, 2.05) is 24.3 Å². The van der Waals surface area contributed by atoms with Gasteiger partial charge in [0.1, 0.15) is 5.82 Å². The molecule has 3 heterocycles. The van der Waals surface area contributed by atoms with E-state index in [0.717, 1.165) is 54.3 Å². The monoisotopic (exact) mass is 382 g/mol. The van der Waals surface area contributed by atoms with E-state index in [1.165, 1.54) is 17.0 Å². The Kier molecular flexibility index (Phi) is 4.07. The minimum Gasteiger partial charge on any atom is -0.493 e. The van der Waals surface area contributed by atoms with Gasteiger partial charge in [-0.2, -0.15) is 5.01 Å². The zero-order valence-corrected chi connectivity index (χ0v) is 16.2. The van der Waals surface area contributed by atoms with Crippen LogP contribution in [0.1, 0.15) is 30.0 Å². The number of para-hydroxylation sites is 1. The van der Waals surface area contributed by atoms with Gasteiger partial charge in [0.15, 0.2) is 17.2 Å². The molecule has 2 N–H and O–H groups in total. The molecule has 3 aliphatic rings. The second kappa shape index (κ2) is 6.50. The first-order valence-electron chi connectivity index (χ1n) is 9.81. The summed E-state index contributed by atoms with van der Waals surface area (Å²) in [5.74, 6) is 1.38. The molecule has 6 heteroatoms. The first-order valence-corrected chi connectivity index (χ1v) is 9.81. The minimum absolute atomic E-state index is 0.0392. The molecular weight excluding hydrogens is 357 g/mol. The van der Waals surface area contributed by atoms with E-state index >= 15 is 0 Å². The maximum atomic E-state index is 13.4. The van der Waals surface area contributed by atoms with Gasteiger partial charge in [0.05, 0.1) is 51.8 Å². The third-order valence-electron chi connectivity index (χ3n) is 6.16. The number of hydrogen-bond acceptors (Lipinski definition) is 4. The highest BCUT2D eigenvalue weighted by Crippen LogP contribution is 2.50. The van der Waals surface area contributed by atoms with Gasteiger partial charge in [-0.15, -0.1) is 0 Å². The Morgan fingerprint density at radius 1 is 1.18 bits per heavy atom. The normalized spacial score (nSPS) is 28.8. The van der Waals surface area contributed by atoms with Gasteiger partial charge in [-0.25, -0.2) is 4.39 Å². The van der Waals surface area contributed by atoms with Gasteiger partial charge in [0.25, 0.3) is 0 Å². The van der Waals surface area contributed by atoms with Crippen LogP contribution in [0.4, 0.5) is 4.39 Å². The predicted octanol–water partition coefficient (Wildman–Crippen LogP) is 2.13. The Morgan fingerprint density at radius 3 is 2.64 bits per heavy atom. The fraction of sp³-hybridized carbons (Fsp3) is 0.364. The Hall–Kier alpha value is -2.57. The second-order valence-electron chi connectivity index (χ2n) is 7.90. The molecule has 1 saturated heterocycles. The van der Waals surface area contributed by atoms with E-state index in [-0.39, 0.29) is 11.9 Å². The molecule has 0 aliphatic carbocycles. The smallest absolute Gasteiger partial charge is 0.191 e. The molecule has 2 aromatic carbocycles. The molecule has 0 saturated carbocycles. The third-order valence-corrected chi connectivity index (χ3v) is 6.16. The van der Waals surface area contributed by atoms with Crippen LogP contribution in [-0.4, -0.2) is 38.0 Å². The van der Waals surface area contributed by atoms with E-state index in [9.17, 15) is 4.39 Å². The fourth-order valence-electron chi connectivity index (χ4n) is 4.53. The van der Waals surface area contributed by atoms with Crippen LogP contribution in [0.5, 0.6) is 11.5 Å². The van der Waals surface area contributed by atoms with Gasteiger partial charge in [-0.3, -0.25) is 0 Å². The van der Waals surface area contributed by atoms with Gasteiger partial charge >= 0.3 is 0 Å². The molecule has 1 fully saturated rings. The standard InChI is InChI=1S/C22H24FN3O2/c1-25-12-10-22(11-13-25)26-19(17-4-3-5-20(27-2)21(17)28-22)14-18(24-26)15-6-8-16(23)9-7-15/h3-9,14,19,24H,10-13H2,1-2H3/p+1. The van der Waals surface area contributed by atoms with Crippen molar-refractivity contribution >= 4 is 5.70 Å². The number of methoxy groups -OCH3 is 1. The number of ether oxygens (including phenoxy) is 2. The number of fused-ring (bicyclic) bond motifs is 4. The summed E-state index contributed by atoms with van der Waals surface area (Å²) in [5, 5.41) is 2.25. The molecule has 0 aromatic heterocycles. The molecule has 28 heavy (non-hydrogen) atoms. The lowest BCUT2D eigenvalue weighted by Gasteiger charge is -2.50. The maximum absolute atomic E-state index is 13.4. The number of benzene rings is 2. The lowest BCUT2D eigenvalue weighted by molar-refractivity contribution is -0.888. The van der Waals surface area contributed by atoms with Crippen molar-refractivity contribution in [3.8, 4) is 11.5 Å². The number of hydrazine groups is 1. The number of quaternary nitrogens is 1. The van der Waals surface area contributed by atoms with E-state index < -0.39 is 5.72 Å². The zero-order valence-electron chi connectivity index (χ0n) is 16.2. The summed E-state index contributed by atoms with van der Waals surface area (Å²) in [6.07, 6.45) is 4.05. The van der Waals surface area contributed by atoms with Crippen molar-refractivity contribution in [3.05, 3.63) is 65.5 Å². The van der Waals surface area contributed by atoms with Crippen molar-refractivity contribution in [1.29, 1.82) is 0 Å². The highest BCUT2D eigenvalue weighted by molar-refractivity contribution is 5.68. The SMILES string of the molecule is COc1cccc2c1OC1(CC[NH+](C)CC1)N1NC(c3ccc(F)cc3)=CC21. The van der Waals surface area contributed by atoms with Gasteiger partial charge in [0.2, 0.25) is 0 Å². The zero-order chi connectivity index (χ0) is 19.3. The predicted molar refractivity (Wildman–Crippen MR) is 104 cm³/mol. The van der Waals surface area contributed by atoms with Crippen molar-refractivity contribution in [2.24, 2.45) is 0 Å². The number of hydrogen-bond donors (Lipinski definition) is 2. The molecule has 5 nitrogen and oxygen atoms in total. The Morgan fingerprint density at radius 2 is 1.93 bits per heavy atom. The van der Waals surface area contributed by atoms with Crippen molar-refractivity contribution in [2.45, 2.75) is 24.6 Å². The fourth-order valence-corrected chi connectivity index (χ4v) is 4.53. The second-order valence-corrected chi connectivity index (χ2v) is 7.90. The average Bonchev–Trinajstić information content (AvgIpc) is 3.17. The van der Waals surface area contributed by atoms with Crippen LogP contribution in [-0.2, 0) is 0 Å². The topological polar surface area (TPSA) is 38.2 Å². The maximum Gasteiger partial charge on any atom is 0.191 e. The number of likely N-dealkylation sites (tertiary alicyclic amines) is 1. The number of halogens is 1. The molecule has 0 bridgehead atoms. The van der Waals surface area contributed by atoms with E-state index in [1.54, 1.807) is 7.11 Å². The molecule has 0 radical (unpaired) electrons. The van der Waals surface area contributed by atoms with Gasteiger partial charge in [-0.05, 0) is 42.0 Å². The van der Waals surface area contributed by atoms with Crippen molar-refractivity contribution in [1.82, 2.24) is 10.4 Å². The summed E-state index contributed by atoms with van der Waals surface area (Å²) < 4.78 is 25.7. The summed E-state index contributed by atoms with van der Waals surface area (Å²) in [4.78, 5) is 1.52. The highest BCUT2D eigenvalue weighted by atomic mass is 19.1. The molecule has 3 aliphatic heterocycles. The first-order chi connectivity index (χ1) is 13.6. The van der Waals surface area contributed by atoms with Crippen LogP contribution in [0.25, 0.3) is 5.70 Å². The molecular formula is C22H25FN3O2+. The summed E-state index contributed by atoms with van der Waals surface area (Å²) in [6.45, 7) is 2.09. The van der Waals surface area contributed by atoms with Gasteiger partial charge < -0.3 is 19.8 Å². The van der Waals surface area contributed by atoms with Crippen molar-refractivity contribution in [3.63, 3.8) is 0 Å². The summed E-state index contributed by atoms with van der Waals surface area (Å²) >= 11 is 0. The Balaban J connectivity index is 1.60. The summed E-state index contributed by atoms with van der Waals surface area (Å²) in [5.41, 5.74) is 6.18. The van der Waals surface area contributed by atoms with Gasteiger partial charge in [-0.1, -0.05) is 12.1 Å². The van der Waals surface area contributed by atoms with E-state index in [0.29, 0.717) is 0 Å². The molecule has 2 aromatic rings.